The van der Waals surface area contributed by atoms with Crippen molar-refractivity contribution < 1.29 is 9.21 Å². The first-order chi connectivity index (χ1) is 9.74. The van der Waals surface area contributed by atoms with Crippen molar-refractivity contribution in [2.24, 2.45) is 0 Å². The summed E-state index contributed by atoms with van der Waals surface area (Å²) in [6.07, 6.45) is 3.41. The molecule has 0 spiro atoms. The van der Waals surface area contributed by atoms with Gasteiger partial charge in [-0.15, -0.1) is 0 Å². The lowest BCUT2D eigenvalue weighted by Gasteiger charge is -2.02. The lowest BCUT2D eigenvalue weighted by Crippen LogP contribution is -2.22. The van der Waals surface area contributed by atoms with Crippen molar-refractivity contribution in [1.82, 2.24) is 10.3 Å². The molecule has 100 valence electrons. The molecule has 2 aromatic heterocycles. The Balaban J connectivity index is 1.77. The quantitative estimate of drug-likeness (QED) is 0.799. The van der Waals surface area contributed by atoms with Crippen LogP contribution in [-0.2, 0) is 6.54 Å². The van der Waals surface area contributed by atoms with Gasteiger partial charge in [-0.05, 0) is 29.8 Å². The third-order valence-electron chi connectivity index (χ3n) is 2.91. The minimum Gasteiger partial charge on any atom is -0.451 e. The summed E-state index contributed by atoms with van der Waals surface area (Å²) in [6.45, 7) is 0.422. The number of halogens is 1. The molecular formula is C15H11BrN2O2. The summed E-state index contributed by atoms with van der Waals surface area (Å²) in [5.41, 5.74) is 1.63. The SMILES string of the molecule is O=C(NCc1cccnc1)c1cc2c(Br)cccc2o1. The van der Waals surface area contributed by atoms with Crippen LogP contribution in [0.25, 0.3) is 11.0 Å². The Labute approximate surface area is 123 Å². The molecule has 5 heteroatoms. The fourth-order valence-electron chi connectivity index (χ4n) is 1.91. The summed E-state index contributed by atoms with van der Waals surface area (Å²) < 4.78 is 6.45. The lowest BCUT2D eigenvalue weighted by atomic mass is 10.2. The van der Waals surface area contributed by atoms with Gasteiger partial charge < -0.3 is 9.73 Å². The first kappa shape index (κ1) is 12.9. The highest BCUT2D eigenvalue weighted by atomic mass is 79.9. The number of aromatic nitrogens is 1. The lowest BCUT2D eigenvalue weighted by molar-refractivity contribution is 0.0925. The van der Waals surface area contributed by atoms with Crippen molar-refractivity contribution in [1.29, 1.82) is 0 Å². The molecule has 1 amide bonds. The fraction of sp³-hybridized carbons (Fsp3) is 0.0667. The number of nitrogens with zero attached hydrogens (tertiary/aromatic N) is 1. The minimum atomic E-state index is -0.239. The summed E-state index contributed by atoms with van der Waals surface area (Å²) in [6, 6.07) is 11.1. The van der Waals surface area contributed by atoms with Crippen molar-refractivity contribution in [3.63, 3.8) is 0 Å². The summed E-state index contributed by atoms with van der Waals surface area (Å²) in [5, 5.41) is 3.70. The van der Waals surface area contributed by atoms with Gasteiger partial charge in [-0.3, -0.25) is 9.78 Å². The normalized spacial score (nSPS) is 10.7. The molecule has 3 aromatic rings. The number of benzene rings is 1. The van der Waals surface area contributed by atoms with Crippen LogP contribution in [0.2, 0.25) is 0 Å². The highest BCUT2D eigenvalue weighted by Crippen LogP contribution is 2.26. The second-order valence-corrected chi connectivity index (χ2v) is 5.16. The van der Waals surface area contributed by atoms with E-state index >= 15 is 0 Å². The van der Waals surface area contributed by atoms with E-state index in [4.69, 9.17) is 4.42 Å². The van der Waals surface area contributed by atoms with Crippen molar-refractivity contribution in [2.45, 2.75) is 6.54 Å². The second kappa shape index (κ2) is 5.46. The van der Waals surface area contributed by atoms with E-state index in [1.165, 1.54) is 0 Å². The molecule has 0 aliphatic rings. The Kier molecular flexibility index (Phi) is 3.52. The maximum Gasteiger partial charge on any atom is 0.287 e. The van der Waals surface area contributed by atoms with Gasteiger partial charge >= 0.3 is 0 Å². The molecular weight excluding hydrogens is 320 g/mol. The van der Waals surface area contributed by atoms with Crippen LogP contribution in [0.4, 0.5) is 0 Å². The smallest absolute Gasteiger partial charge is 0.287 e. The van der Waals surface area contributed by atoms with Crippen LogP contribution in [0.3, 0.4) is 0 Å². The van der Waals surface area contributed by atoms with Gasteiger partial charge in [0.2, 0.25) is 0 Å². The van der Waals surface area contributed by atoms with Gasteiger partial charge in [-0.1, -0.05) is 28.1 Å². The molecule has 0 saturated heterocycles. The summed E-state index contributed by atoms with van der Waals surface area (Å²) >= 11 is 3.44. The Bertz CT molecular complexity index is 753. The van der Waals surface area contributed by atoms with Crippen molar-refractivity contribution in [3.05, 3.63) is 64.6 Å². The predicted molar refractivity (Wildman–Crippen MR) is 79.3 cm³/mol. The van der Waals surface area contributed by atoms with E-state index in [9.17, 15) is 4.79 Å². The predicted octanol–water partition coefficient (Wildman–Crippen LogP) is 3.52. The molecule has 0 aliphatic heterocycles. The molecule has 0 unspecified atom stereocenters. The van der Waals surface area contributed by atoms with E-state index in [0.717, 1.165) is 15.4 Å². The Morgan fingerprint density at radius 2 is 2.20 bits per heavy atom. The van der Waals surface area contributed by atoms with Crippen LogP contribution < -0.4 is 5.32 Å². The molecule has 1 aromatic carbocycles. The van der Waals surface area contributed by atoms with Gasteiger partial charge in [0.25, 0.3) is 5.91 Å². The Morgan fingerprint density at radius 3 is 2.95 bits per heavy atom. The molecule has 2 heterocycles. The van der Waals surface area contributed by atoms with E-state index in [0.29, 0.717) is 17.9 Å². The summed E-state index contributed by atoms with van der Waals surface area (Å²) in [5.74, 6) is 0.0627. The van der Waals surface area contributed by atoms with Crippen LogP contribution >= 0.6 is 15.9 Å². The number of carbonyl (C=O) groups is 1. The topological polar surface area (TPSA) is 55.1 Å². The Hall–Kier alpha value is -2.14. The monoisotopic (exact) mass is 330 g/mol. The number of pyridine rings is 1. The van der Waals surface area contributed by atoms with E-state index in [-0.39, 0.29) is 5.91 Å². The van der Waals surface area contributed by atoms with Crippen LogP contribution in [-0.4, -0.2) is 10.9 Å². The van der Waals surface area contributed by atoms with Crippen LogP contribution in [0.15, 0.2) is 57.7 Å². The van der Waals surface area contributed by atoms with Gasteiger partial charge in [0.05, 0.1) is 0 Å². The molecule has 4 nitrogen and oxygen atoms in total. The maximum atomic E-state index is 12.1. The minimum absolute atomic E-state index is 0.239. The summed E-state index contributed by atoms with van der Waals surface area (Å²) in [7, 11) is 0. The zero-order chi connectivity index (χ0) is 13.9. The Morgan fingerprint density at radius 1 is 1.30 bits per heavy atom. The van der Waals surface area contributed by atoms with E-state index in [2.05, 4.69) is 26.2 Å². The zero-order valence-electron chi connectivity index (χ0n) is 10.5. The third-order valence-corrected chi connectivity index (χ3v) is 3.60. The van der Waals surface area contributed by atoms with Gasteiger partial charge in [0.15, 0.2) is 5.76 Å². The van der Waals surface area contributed by atoms with Crippen molar-refractivity contribution in [2.75, 3.05) is 0 Å². The number of furan rings is 1. The van der Waals surface area contributed by atoms with Crippen LogP contribution in [0.5, 0.6) is 0 Å². The van der Waals surface area contributed by atoms with E-state index in [1.54, 1.807) is 18.5 Å². The van der Waals surface area contributed by atoms with E-state index < -0.39 is 0 Å². The standard InChI is InChI=1S/C15H11BrN2O2/c16-12-4-1-5-13-11(12)7-14(20-13)15(19)18-9-10-3-2-6-17-8-10/h1-8H,9H2,(H,18,19). The van der Waals surface area contributed by atoms with Crippen LogP contribution in [0, 0.1) is 0 Å². The molecule has 3 rings (SSSR count). The molecule has 0 radical (unpaired) electrons. The van der Waals surface area contributed by atoms with Crippen molar-refractivity contribution in [3.8, 4) is 0 Å². The number of carbonyl (C=O) groups excluding carboxylic acids is 1. The van der Waals surface area contributed by atoms with Gasteiger partial charge in [0.1, 0.15) is 5.58 Å². The first-order valence-corrected chi connectivity index (χ1v) is 6.88. The fourth-order valence-corrected chi connectivity index (χ4v) is 2.37. The van der Waals surface area contributed by atoms with E-state index in [1.807, 2.05) is 30.3 Å². The third kappa shape index (κ3) is 2.58. The zero-order valence-corrected chi connectivity index (χ0v) is 12.1. The largest absolute Gasteiger partial charge is 0.451 e. The molecule has 20 heavy (non-hydrogen) atoms. The van der Waals surface area contributed by atoms with Gasteiger partial charge in [-0.2, -0.15) is 0 Å². The highest BCUT2D eigenvalue weighted by molar-refractivity contribution is 9.10. The summed E-state index contributed by atoms with van der Waals surface area (Å²) in [4.78, 5) is 16.1. The van der Waals surface area contributed by atoms with Crippen LogP contribution in [0.1, 0.15) is 16.1 Å². The number of nitrogens with one attached hydrogen (secondary N) is 1. The highest BCUT2D eigenvalue weighted by Gasteiger charge is 2.13. The number of rotatable bonds is 3. The van der Waals surface area contributed by atoms with Gasteiger partial charge in [-0.25, -0.2) is 0 Å². The number of hydrogen-bond donors (Lipinski definition) is 1. The van der Waals surface area contributed by atoms with Gasteiger partial charge in [0, 0.05) is 28.8 Å². The molecule has 0 aliphatic carbocycles. The first-order valence-electron chi connectivity index (χ1n) is 6.09. The molecule has 1 N–H and O–H groups in total. The molecule has 0 bridgehead atoms. The second-order valence-electron chi connectivity index (χ2n) is 4.31. The molecule has 0 fully saturated rings. The number of hydrogen-bond acceptors (Lipinski definition) is 3. The number of amides is 1. The average Bonchev–Trinajstić information content (AvgIpc) is 2.91. The average molecular weight is 331 g/mol. The molecule has 0 atom stereocenters. The molecule has 0 saturated carbocycles. The maximum absolute atomic E-state index is 12.1. The number of fused-ring (bicyclic) bond motifs is 1. The van der Waals surface area contributed by atoms with Crippen molar-refractivity contribution >= 4 is 32.8 Å².